The molecule has 102 valence electrons. The fourth-order valence-corrected chi connectivity index (χ4v) is 2.24. The van der Waals surface area contributed by atoms with Crippen LogP contribution in [-0.2, 0) is 4.79 Å². The molecule has 0 bridgehead atoms. The smallest absolute Gasteiger partial charge is 0.309 e. The molecule has 1 aliphatic heterocycles. The van der Waals surface area contributed by atoms with Crippen LogP contribution in [0.5, 0.6) is 0 Å². The Morgan fingerprint density at radius 3 is 2.47 bits per heavy atom. The third-order valence-electron chi connectivity index (χ3n) is 3.78. The van der Waals surface area contributed by atoms with Crippen LogP contribution >= 0.6 is 0 Å². The van der Waals surface area contributed by atoms with Gasteiger partial charge in [0, 0.05) is 18.8 Å². The fraction of sp³-hybridized carbons (Fsp3) is 0.500. The summed E-state index contributed by atoms with van der Waals surface area (Å²) in [4.78, 5) is 29.3. The lowest BCUT2D eigenvalue weighted by Crippen LogP contribution is -2.45. The Morgan fingerprint density at radius 1 is 1.32 bits per heavy atom. The van der Waals surface area contributed by atoms with Gasteiger partial charge in [0.2, 0.25) is 0 Å². The average molecular weight is 262 g/mol. The molecule has 19 heavy (non-hydrogen) atoms. The van der Waals surface area contributed by atoms with Crippen LogP contribution in [0.1, 0.15) is 35.9 Å². The first-order valence-corrected chi connectivity index (χ1v) is 6.39. The number of carbonyl (C=O) groups is 2. The number of hydrogen-bond donors (Lipinski definition) is 1. The Bertz CT molecular complexity index is 505. The van der Waals surface area contributed by atoms with Crippen molar-refractivity contribution in [3.8, 4) is 0 Å². The normalized spacial score (nSPS) is 18.1. The summed E-state index contributed by atoms with van der Waals surface area (Å²) in [5.41, 5.74) is 0.522. The quantitative estimate of drug-likeness (QED) is 0.881. The number of likely N-dealkylation sites (tertiary alicyclic amines) is 1. The molecule has 0 aliphatic carbocycles. The number of aryl methyl sites for hydroxylation is 1. The second-order valence-electron chi connectivity index (χ2n) is 5.32. The highest BCUT2D eigenvalue weighted by Crippen LogP contribution is 2.31. The number of aromatic nitrogens is 1. The van der Waals surface area contributed by atoms with E-state index in [9.17, 15) is 9.59 Å². The zero-order valence-corrected chi connectivity index (χ0v) is 11.2. The number of pyridine rings is 1. The molecule has 1 aliphatic rings. The van der Waals surface area contributed by atoms with Crippen molar-refractivity contribution < 1.29 is 14.7 Å². The maximum absolute atomic E-state index is 12.2. The lowest BCUT2D eigenvalue weighted by molar-refractivity contribution is -0.150. The first-order chi connectivity index (χ1) is 8.92. The van der Waals surface area contributed by atoms with Crippen molar-refractivity contribution in [1.29, 1.82) is 0 Å². The molecule has 1 aromatic heterocycles. The maximum atomic E-state index is 12.2. The minimum atomic E-state index is -0.784. The first kappa shape index (κ1) is 13.5. The summed E-state index contributed by atoms with van der Waals surface area (Å²) in [5.74, 6) is -0.899. The summed E-state index contributed by atoms with van der Waals surface area (Å²) in [6, 6.07) is 5.34. The number of amides is 1. The van der Waals surface area contributed by atoms with Gasteiger partial charge in [0.1, 0.15) is 5.69 Å². The van der Waals surface area contributed by atoms with Crippen LogP contribution in [0.2, 0.25) is 0 Å². The molecule has 5 nitrogen and oxygen atoms in total. The highest BCUT2D eigenvalue weighted by Gasteiger charge is 2.38. The van der Waals surface area contributed by atoms with Gasteiger partial charge in [-0.1, -0.05) is 6.07 Å². The zero-order valence-electron chi connectivity index (χ0n) is 11.2. The molecule has 0 spiro atoms. The molecule has 2 rings (SSSR count). The predicted molar refractivity (Wildman–Crippen MR) is 69.9 cm³/mol. The Hall–Kier alpha value is -1.91. The third kappa shape index (κ3) is 2.75. The monoisotopic (exact) mass is 262 g/mol. The van der Waals surface area contributed by atoms with Crippen molar-refractivity contribution in [3.63, 3.8) is 0 Å². The van der Waals surface area contributed by atoms with Gasteiger partial charge in [0.15, 0.2) is 0 Å². The minimum Gasteiger partial charge on any atom is -0.481 e. The third-order valence-corrected chi connectivity index (χ3v) is 3.78. The Labute approximate surface area is 112 Å². The van der Waals surface area contributed by atoms with Gasteiger partial charge in [-0.15, -0.1) is 0 Å². The molecule has 0 atom stereocenters. The van der Waals surface area contributed by atoms with Gasteiger partial charge in [-0.3, -0.25) is 9.59 Å². The van der Waals surface area contributed by atoms with Crippen molar-refractivity contribution in [2.24, 2.45) is 5.41 Å². The number of aliphatic carboxylic acids is 1. The molecule has 0 radical (unpaired) electrons. The van der Waals surface area contributed by atoms with E-state index in [1.807, 2.05) is 13.0 Å². The number of piperidine rings is 1. The number of rotatable bonds is 2. The largest absolute Gasteiger partial charge is 0.481 e. The number of carbonyl (C=O) groups excluding carboxylic acids is 1. The topological polar surface area (TPSA) is 70.5 Å². The summed E-state index contributed by atoms with van der Waals surface area (Å²) in [7, 11) is 0. The summed E-state index contributed by atoms with van der Waals surface area (Å²) in [5, 5.41) is 9.16. The van der Waals surface area contributed by atoms with Gasteiger partial charge in [0.05, 0.1) is 5.41 Å². The summed E-state index contributed by atoms with van der Waals surface area (Å²) < 4.78 is 0. The number of hydrogen-bond acceptors (Lipinski definition) is 3. The van der Waals surface area contributed by atoms with Crippen molar-refractivity contribution in [2.75, 3.05) is 13.1 Å². The van der Waals surface area contributed by atoms with Gasteiger partial charge in [-0.2, -0.15) is 0 Å². The van der Waals surface area contributed by atoms with E-state index in [1.54, 1.807) is 24.0 Å². The predicted octanol–water partition coefficient (Wildman–Crippen LogP) is 1.72. The highest BCUT2D eigenvalue weighted by molar-refractivity contribution is 5.92. The van der Waals surface area contributed by atoms with Crippen molar-refractivity contribution in [3.05, 3.63) is 29.6 Å². The number of carboxylic acid groups (broad SMARTS) is 1. The standard InChI is InChI=1S/C14H18N2O3/c1-10-4-3-5-11(15-10)12(17)16-8-6-14(2,7-9-16)13(18)19/h3-5H,6-9H2,1-2H3,(H,18,19). The Balaban J connectivity index is 2.06. The second-order valence-corrected chi connectivity index (χ2v) is 5.32. The van der Waals surface area contributed by atoms with Crippen LogP contribution in [0.4, 0.5) is 0 Å². The number of nitrogens with zero attached hydrogens (tertiary/aromatic N) is 2. The van der Waals surface area contributed by atoms with E-state index in [0.29, 0.717) is 31.6 Å². The summed E-state index contributed by atoms with van der Waals surface area (Å²) in [6.45, 7) is 4.52. The van der Waals surface area contributed by atoms with Crippen LogP contribution < -0.4 is 0 Å². The maximum Gasteiger partial charge on any atom is 0.309 e. The molecule has 2 heterocycles. The molecule has 0 unspecified atom stereocenters. The molecule has 0 saturated carbocycles. The van der Waals surface area contributed by atoms with Crippen LogP contribution in [0, 0.1) is 12.3 Å². The van der Waals surface area contributed by atoms with Gasteiger partial charge < -0.3 is 10.0 Å². The number of carboxylic acids is 1. The van der Waals surface area contributed by atoms with Crippen LogP contribution in [0.15, 0.2) is 18.2 Å². The van der Waals surface area contributed by atoms with Crippen LogP contribution in [0.3, 0.4) is 0 Å². The second kappa shape index (κ2) is 4.99. The first-order valence-electron chi connectivity index (χ1n) is 6.39. The fourth-order valence-electron chi connectivity index (χ4n) is 2.24. The molecular weight excluding hydrogens is 244 g/mol. The van der Waals surface area contributed by atoms with E-state index >= 15 is 0 Å². The van der Waals surface area contributed by atoms with E-state index in [2.05, 4.69) is 4.98 Å². The molecule has 1 amide bonds. The molecule has 1 N–H and O–H groups in total. The van der Waals surface area contributed by atoms with Crippen molar-refractivity contribution >= 4 is 11.9 Å². The van der Waals surface area contributed by atoms with E-state index < -0.39 is 11.4 Å². The SMILES string of the molecule is Cc1cccc(C(=O)N2CCC(C)(C(=O)O)CC2)n1. The van der Waals surface area contributed by atoms with Gasteiger partial charge in [0.25, 0.3) is 5.91 Å². The van der Waals surface area contributed by atoms with Gasteiger partial charge >= 0.3 is 5.97 Å². The van der Waals surface area contributed by atoms with Crippen LogP contribution in [0.25, 0.3) is 0 Å². The van der Waals surface area contributed by atoms with Crippen molar-refractivity contribution in [2.45, 2.75) is 26.7 Å². The summed E-state index contributed by atoms with van der Waals surface area (Å²) >= 11 is 0. The molecule has 1 fully saturated rings. The van der Waals surface area contributed by atoms with Gasteiger partial charge in [-0.05, 0) is 38.8 Å². The zero-order chi connectivity index (χ0) is 14.0. The lowest BCUT2D eigenvalue weighted by atomic mass is 9.80. The molecule has 0 aromatic carbocycles. The van der Waals surface area contributed by atoms with E-state index in [1.165, 1.54) is 0 Å². The molecule has 1 aromatic rings. The average Bonchev–Trinajstić information content (AvgIpc) is 2.38. The minimum absolute atomic E-state index is 0.115. The van der Waals surface area contributed by atoms with E-state index in [4.69, 9.17) is 5.11 Å². The molecular formula is C14H18N2O3. The highest BCUT2D eigenvalue weighted by atomic mass is 16.4. The van der Waals surface area contributed by atoms with Gasteiger partial charge in [-0.25, -0.2) is 4.98 Å². The summed E-state index contributed by atoms with van der Waals surface area (Å²) in [6.07, 6.45) is 0.972. The van der Waals surface area contributed by atoms with E-state index in [-0.39, 0.29) is 5.91 Å². The molecule has 1 saturated heterocycles. The van der Waals surface area contributed by atoms with Crippen LogP contribution in [-0.4, -0.2) is 40.0 Å². The lowest BCUT2D eigenvalue weighted by Gasteiger charge is -2.36. The molecule has 5 heteroatoms. The van der Waals surface area contributed by atoms with Crippen molar-refractivity contribution in [1.82, 2.24) is 9.88 Å². The Morgan fingerprint density at radius 2 is 1.95 bits per heavy atom. The Kier molecular flexibility index (Phi) is 3.55. The van der Waals surface area contributed by atoms with E-state index in [0.717, 1.165) is 5.69 Å².